The van der Waals surface area contributed by atoms with Crippen molar-refractivity contribution in [1.82, 2.24) is 9.21 Å². The van der Waals surface area contributed by atoms with Gasteiger partial charge in [0.15, 0.2) is 0 Å². The van der Waals surface area contributed by atoms with Crippen LogP contribution in [0.3, 0.4) is 0 Å². The molecule has 1 heterocycles. The van der Waals surface area contributed by atoms with Crippen LogP contribution in [0.1, 0.15) is 0 Å². The van der Waals surface area contributed by atoms with E-state index in [1.165, 1.54) is 17.7 Å². The molecule has 1 rings (SSSR count). The number of carbonyl (C=O) groups excluding carboxylic acids is 1. The van der Waals surface area contributed by atoms with Crippen molar-refractivity contribution in [3.05, 3.63) is 0 Å². The lowest BCUT2D eigenvalue weighted by atomic mass is 10.2. The lowest BCUT2D eigenvalue weighted by Gasteiger charge is -2.33. The molecule has 0 saturated carbocycles. The molecule has 7 nitrogen and oxygen atoms in total. The predicted molar refractivity (Wildman–Crippen MR) is 62.8 cm³/mol. The monoisotopic (exact) mass is 265 g/mol. The number of nitrogens with two attached hydrogens (primary N) is 1. The van der Waals surface area contributed by atoms with Crippen molar-refractivity contribution in [1.29, 1.82) is 0 Å². The van der Waals surface area contributed by atoms with Crippen LogP contribution in [0.25, 0.3) is 0 Å². The van der Waals surface area contributed by atoms with Crippen LogP contribution in [0.5, 0.6) is 0 Å². The molecule has 0 amide bonds. The van der Waals surface area contributed by atoms with Crippen molar-refractivity contribution >= 4 is 16.0 Å². The number of ether oxygens (including phenoxy) is 1. The van der Waals surface area contributed by atoms with E-state index in [0.29, 0.717) is 32.7 Å². The van der Waals surface area contributed by atoms with E-state index in [1.54, 1.807) is 0 Å². The Bertz CT molecular complexity index is 362. The van der Waals surface area contributed by atoms with Gasteiger partial charge in [0.25, 0.3) is 0 Å². The second-order valence-corrected chi connectivity index (χ2v) is 6.07. The van der Waals surface area contributed by atoms with E-state index >= 15 is 0 Å². The number of esters is 1. The molecule has 0 radical (unpaired) electrons. The standard InChI is InChI=1S/C9H19N3O4S/c1-16-9(13)8(10)7-11-3-5-12(6-4-11)17(2,14)15/h8H,3-7,10H2,1-2H3. The van der Waals surface area contributed by atoms with E-state index in [4.69, 9.17) is 5.73 Å². The van der Waals surface area contributed by atoms with Gasteiger partial charge in [-0.25, -0.2) is 8.42 Å². The van der Waals surface area contributed by atoms with Crippen molar-refractivity contribution in [2.24, 2.45) is 5.73 Å². The Morgan fingerprint density at radius 3 is 2.29 bits per heavy atom. The number of hydrogen-bond donors (Lipinski definition) is 1. The Hall–Kier alpha value is -0.700. The average molecular weight is 265 g/mol. The van der Waals surface area contributed by atoms with Crippen molar-refractivity contribution in [3.63, 3.8) is 0 Å². The van der Waals surface area contributed by atoms with Gasteiger partial charge in [0, 0.05) is 32.7 Å². The summed E-state index contributed by atoms with van der Waals surface area (Å²) in [6.45, 7) is 2.43. The molecule has 0 aliphatic carbocycles. The number of hydrogen-bond acceptors (Lipinski definition) is 6. The third-order valence-corrected chi connectivity index (χ3v) is 4.06. The maximum absolute atomic E-state index is 11.3. The van der Waals surface area contributed by atoms with Gasteiger partial charge < -0.3 is 10.5 Å². The second kappa shape index (κ2) is 5.76. The van der Waals surface area contributed by atoms with E-state index < -0.39 is 22.0 Å². The zero-order chi connectivity index (χ0) is 13.1. The van der Waals surface area contributed by atoms with Crippen molar-refractivity contribution in [2.45, 2.75) is 6.04 Å². The topological polar surface area (TPSA) is 92.9 Å². The summed E-state index contributed by atoms with van der Waals surface area (Å²) in [4.78, 5) is 13.1. The fraction of sp³-hybridized carbons (Fsp3) is 0.889. The van der Waals surface area contributed by atoms with Crippen LogP contribution >= 0.6 is 0 Å². The Labute approximate surface area is 102 Å². The molecule has 1 aliphatic heterocycles. The fourth-order valence-corrected chi connectivity index (χ4v) is 2.57. The van der Waals surface area contributed by atoms with Crippen molar-refractivity contribution in [2.75, 3.05) is 46.1 Å². The van der Waals surface area contributed by atoms with E-state index in [0.717, 1.165) is 0 Å². The molecule has 0 aromatic carbocycles. The third kappa shape index (κ3) is 4.23. The van der Waals surface area contributed by atoms with Gasteiger partial charge >= 0.3 is 5.97 Å². The number of piperazine rings is 1. The van der Waals surface area contributed by atoms with Crippen LogP contribution in [0.4, 0.5) is 0 Å². The Morgan fingerprint density at radius 2 is 1.88 bits per heavy atom. The maximum Gasteiger partial charge on any atom is 0.323 e. The Kier molecular flexibility index (Phi) is 4.87. The van der Waals surface area contributed by atoms with Gasteiger partial charge in [-0.05, 0) is 0 Å². The van der Waals surface area contributed by atoms with Gasteiger partial charge in [-0.2, -0.15) is 4.31 Å². The molecule has 0 spiro atoms. The SMILES string of the molecule is COC(=O)C(N)CN1CCN(S(C)(=O)=O)CC1. The summed E-state index contributed by atoms with van der Waals surface area (Å²) in [6.07, 6.45) is 1.20. The summed E-state index contributed by atoms with van der Waals surface area (Å²) in [5.41, 5.74) is 5.63. The molecule has 1 unspecified atom stereocenters. The van der Waals surface area contributed by atoms with Gasteiger partial charge in [-0.1, -0.05) is 0 Å². The summed E-state index contributed by atoms with van der Waals surface area (Å²) >= 11 is 0. The van der Waals surface area contributed by atoms with Gasteiger partial charge in [0.1, 0.15) is 6.04 Å². The molecule has 0 aromatic heterocycles. The van der Waals surface area contributed by atoms with Gasteiger partial charge in [0.05, 0.1) is 13.4 Å². The number of nitrogens with zero attached hydrogens (tertiary/aromatic N) is 2. The van der Waals surface area contributed by atoms with E-state index in [9.17, 15) is 13.2 Å². The predicted octanol–water partition coefficient (Wildman–Crippen LogP) is -1.94. The zero-order valence-electron chi connectivity index (χ0n) is 10.1. The lowest BCUT2D eigenvalue weighted by molar-refractivity contribution is -0.142. The highest BCUT2D eigenvalue weighted by molar-refractivity contribution is 7.88. The first-order valence-electron chi connectivity index (χ1n) is 5.35. The first-order chi connectivity index (χ1) is 7.84. The molecule has 0 aromatic rings. The molecule has 1 atom stereocenters. The minimum atomic E-state index is -3.11. The minimum Gasteiger partial charge on any atom is -0.468 e. The normalized spacial score (nSPS) is 21.1. The summed E-state index contributed by atoms with van der Waals surface area (Å²) in [5.74, 6) is -0.449. The highest BCUT2D eigenvalue weighted by Crippen LogP contribution is 2.06. The van der Waals surface area contributed by atoms with E-state index in [2.05, 4.69) is 4.74 Å². The number of sulfonamides is 1. The van der Waals surface area contributed by atoms with Crippen LogP contribution in [-0.4, -0.2) is 75.7 Å². The average Bonchev–Trinajstić information content (AvgIpc) is 2.27. The van der Waals surface area contributed by atoms with Gasteiger partial charge in [0.2, 0.25) is 10.0 Å². The van der Waals surface area contributed by atoms with Crippen molar-refractivity contribution in [3.8, 4) is 0 Å². The van der Waals surface area contributed by atoms with Gasteiger partial charge in [-0.15, -0.1) is 0 Å². The highest BCUT2D eigenvalue weighted by Gasteiger charge is 2.25. The largest absolute Gasteiger partial charge is 0.468 e. The number of carbonyl (C=O) groups is 1. The molecule has 1 fully saturated rings. The second-order valence-electron chi connectivity index (χ2n) is 4.09. The summed E-state index contributed by atoms with van der Waals surface area (Å²) in [5, 5.41) is 0. The first-order valence-corrected chi connectivity index (χ1v) is 7.20. The quantitative estimate of drug-likeness (QED) is 0.595. The van der Waals surface area contributed by atoms with E-state index in [1.807, 2.05) is 4.90 Å². The summed E-state index contributed by atoms with van der Waals surface area (Å²) in [7, 11) is -1.82. The number of methoxy groups -OCH3 is 1. The Morgan fingerprint density at radius 1 is 1.35 bits per heavy atom. The van der Waals surface area contributed by atoms with Crippen LogP contribution in [0.2, 0.25) is 0 Å². The molecule has 0 bridgehead atoms. The van der Waals surface area contributed by atoms with Crippen LogP contribution < -0.4 is 5.73 Å². The highest BCUT2D eigenvalue weighted by atomic mass is 32.2. The maximum atomic E-state index is 11.3. The molecule has 8 heteroatoms. The van der Waals surface area contributed by atoms with Gasteiger partial charge in [-0.3, -0.25) is 9.69 Å². The molecule has 2 N–H and O–H groups in total. The molecule has 100 valence electrons. The van der Waals surface area contributed by atoms with Crippen LogP contribution in [0, 0.1) is 0 Å². The lowest BCUT2D eigenvalue weighted by Crippen LogP contribution is -2.52. The van der Waals surface area contributed by atoms with Crippen molar-refractivity contribution < 1.29 is 17.9 Å². The first kappa shape index (κ1) is 14.4. The summed E-state index contributed by atoms with van der Waals surface area (Å²) < 4.78 is 28.5. The molecule has 17 heavy (non-hydrogen) atoms. The summed E-state index contributed by atoms with van der Waals surface area (Å²) in [6, 6.07) is -0.676. The number of rotatable bonds is 4. The smallest absolute Gasteiger partial charge is 0.323 e. The van der Waals surface area contributed by atoms with Crippen LogP contribution in [-0.2, 0) is 19.6 Å². The van der Waals surface area contributed by atoms with Crippen LogP contribution in [0.15, 0.2) is 0 Å². The minimum absolute atomic E-state index is 0.393. The van der Waals surface area contributed by atoms with E-state index in [-0.39, 0.29) is 0 Å². The molecular weight excluding hydrogens is 246 g/mol. The fourth-order valence-electron chi connectivity index (χ4n) is 1.75. The molecule has 1 saturated heterocycles. The Balaban J connectivity index is 2.40. The zero-order valence-corrected chi connectivity index (χ0v) is 10.9. The third-order valence-electron chi connectivity index (χ3n) is 2.76. The molecule has 1 aliphatic rings. The molecular formula is C9H19N3O4S.